The molecule has 0 saturated heterocycles. The summed E-state index contributed by atoms with van der Waals surface area (Å²) in [6.45, 7) is 0.121. The summed E-state index contributed by atoms with van der Waals surface area (Å²) in [5.41, 5.74) is 0. The van der Waals surface area contributed by atoms with Gasteiger partial charge in [-0.2, -0.15) is 0 Å². The third-order valence-corrected chi connectivity index (χ3v) is 4.95. The van der Waals surface area contributed by atoms with Crippen molar-refractivity contribution >= 4 is 20.6 Å². The number of benzene rings is 2. The molecule has 2 aromatic carbocycles. The molecule has 0 amide bonds. The molecular weight excluding hydrogens is 260 g/mol. The lowest BCUT2D eigenvalue weighted by atomic mass is 10.1. The van der Waals surface area contributed by atoms with Gasteiger partial charge < -0.3 is 5.11 Å². The van der Waals surface area contributed by atoms with E-state index in [0.717, 1.165) is 17.2 Å². The van der Waals surface area contributed by atoms with Crippen LogP contribution in [0.2, 0.25) is 0 Å². The number of sulfone groups is 1. The van der Waals surface area contributed by atoms with Gasteiger partial charge >= 0.3 is 0 Å². The lowest BCUT2D eigenvalue weighted by Crippen LogP contribution is -2.07. The zero-order chi connectivity index (χ0) is 13.7. The maximum Gasteiger partial charge on any atom is 0.178 e. The van der Waals surface area contributed by atoms with E-state index < -0.39 is 9.84 Å². The highest BCUT2D eigenvalue weighted by molar-refractivity contribution is 7.91. The first-order valence-corrected chi connectivity index (χ1v) is 8.11. The Labute approximate surface area is 113 Å². The van der Waals surface area contributed by atoms with Crippen molar-refractivity contribution in [2.45, 2.75) is 24.2 Å². The molecule has 0 spiro atoms. The summed E-state index contributed by atoms with van der Waals surface area (Å²) in [6, 6.07) is 13.0. The number of rotatable bonds is 6. The van der Waals surface area contributed by atoms with E-state index in [9.17, 15) is 8.42 Å². The fourth-order valence-electron chi connectivity index (χ4n) is 2.06. The average molecular weight is 278 g/mol. The average Bonchev–Trinajstić information content (AvgIpc) is 2.43. The standard InChI is InChI=1S/C15H18O3S/c16-10-4-1-5-11-19(17,18)15-9-8-13-6-2-3-7-14(13)12-15/h2-3,6-9,12,16H,1,4-5,10-11H2. The summed E-state index contributed by atoms with van der Waals surface area (Å²) in [5.74, 6) is 0.144. The molecule has 0 aliphatic heterocycles. The van der Waals surface area contributed by atoms with Crippen molar-refractivity contribution in [2.24, 2.45) is 0 Å². The highest BCUT2D eigenvalue weighted by atomic mass is 32.2. The molecule has 19 heavy (non-hydrogen) atoms. The molecule has 0 aliphatic carbocycles. The van der Waals surface area contributed by atoms with E-state index in [-0.39, 0.29) is 12.4 Å². The Kier molecular flexibility index (Phi) is 4.56. The number of hydrogen-bond donors (Lipinski definition) is 1. The van der Waals surface area contributed by atoms with Crippen LogP contribution in [0.3, 0.4) is 0 Å². The Hall–Kier alpha value is -1.39. The van der Waals surface area contributed by atoms with Gasteiger partial charge in [0.15, 0.2) is 9.84 Å². The molecule has 0 saturated carbocycles. The van der Waals surface area contributed by atoms with Crippen molar-refractivity contribution in [1.82, 2.24) is 0 Å². The quantitative estimate of drug-likeness (QED) is 0.827. The van der Waals surface area contributed by atoms with Crippen molar-refractivity contribution in [2.75, 3.05) is 12.4 Å². The minimum atomic E-state index is -3.21. The van der Waals surface area contributed by atoms with Crippen LogP contribution < -0.4 is 0 Å². The van der Waals surface area contributed by atoms with Gasteiger partial charge in [-0.25, -0.2) is 8.42 Å². The maximum atomic E-state index is 12.2. The first-order valence-electron chi connectivity index (χ1n) is 6.46. The van der Waals surface area contributed by atoms with E-state index in [2.05, 4.69) is 0 Å². The number of hydrogen-bond acceptors (Lipinski definition) is 3. The first kappa shape index (κ1) is 14.0. The van der Waals surface area contributed by atoms with Gasteiger partial charge in [-0.3, -0.25) is 0 Å². The van der Waals surface area contributed by atoms with Crippen LogP contribution >= 0.6 is 0 Å². The van der Waals surface area contributed by atoms with Crippen LogP contribution in [-0.2, 0) is 9.84 Å². The minimum Gasteiger partial charge on any atom is -0.396 e. The van der Waals surface area contributed by atoms with Crippen molar-refractivity contribution < 1.29 is 13.5 Å². The highest BCUT2D eigenvalue weighted by Gasteiger charge is 2.14. The summed E-state index contributed by atoms with van der Waals surface area (Å²) in [6.07, 6.45) is 1.99. The molecule has 2 aromatic rings. The van der Waals surface area contributed by atoms with Crippen LogP contribution in [0.15, 0.2) is 47.4 Å². The molecule has 102 valence electrons. The summed E-state index contributed by atoms with van der Waals surface area (Å²) in [4.78, 5) is 0.384. The van der Waals surface area contributed by atoms with Crippen molar-refractivity contribution in [3.05, 3.63) is 42.5 Å². The number of unbranched alkanes of at least 4 members (excludes halogenated alkanes) is 2. The second-order valence-corrected chi connectivity index (χ2v) is 6.72. The Balaban J connectivity index is 2.18. The van der Waals surface area contributed by atoms with E-state index >= 15 is 0 Å². The van der Waals surface area contributed by atoms with Gasteiger partial charge in [0.2, 0.25) is 0 Å². The van der Waals surface area contributed by atoms with Gasteiger partial charge in [-0.1, -0.05) is 36.8 Å². The number of fused-ring (bicyclic) bond motifs is 1. The van der Waals surface area contributed by atoms with Crippen LogP contribution in [-0.4, -0.2) is 25.9 Å². The van der Waals surface area contributed by atoms with E-state index in [0.29, 0.717) is 17.7 Å². The third kappa shape index (κ3) is 3.55. The fourth-order valence-corrected chi connectivity index (χ4v) is 3.46. The van der Waals surface area contributed by atoms with Gasteiger partial charge in [-0.15, -0.1) is 0 Å². The van der Waals surface area contributed by atoms with Crippen LogP contribution in [0.1, 0.15) is 19.3 Å². The van der Waals surface area contributed by atoms with Crippen molar-refractivity contribution in [3.63, 3.8) is 0 Å². The molecule has 0 bridgehead atoms. The lowest BCUT2D eigenvalue weighted by molar-refractivity contribution is 0.284. The minimum absolute atomic E-state index is 0.121. The monoisotopic (exact) mass is 278 g/mol. The predicted molar refractivity (Wildman–Crippen MR) is 76.9 cm³/mol. The molecule has 0 atom stereocenters. The molecule has 0 heterocycles. The second kappa shape index (κ2) is 6.17. The molecule has 0 unspecified atom stereocenters. The zero-order valence-corrected chi connectivity index (χ0v) is 11.6. The smallest absolute Gasteiger partial charge is 0.178 e. The Morgan fingerprint density at radius 3 is 2.37 bits per heavy atom. The van der Waals surface area contributed by atoms with Gasteiger partial charge in [-0.05, 0) is 35.7 Å². The van der Waals surface area contributed by atoms with Crippen molar-refractivity contribution in [1.29, 1.82) is 0 Å². The lowest BCUT2D eigenvalue weighted by Gasteiger charge is -2.06. The Morgan fingerprint density at radius 1 is 0.895 bits per heavy atom. The second-order valence-electron chi connectivity index (χ2n) is 4.61. The molecule has 0 fully saturated rings. The van der Waals surface area contributed by atoms with Gasteiger partial charge in [0, 0.05) is 6.61 Å². The zero-order valence-electron chi connectivity index (χ0n) is 10.7. The van der Waals surface area contributed by atoms with Crippen LogP contribution in [0.5, 0.6) is 0 Å². The van der Waals surface area contributed by atoms with Gasteiger partial charge in [0.1, 0.15) is 0 Å². The normalized spacial score (nSPS) is 11.8. The first-order chi connectivity index (χ1) is 9.13. The Bertz CT molecular complexity index is 647. The predicted octanol–water partition coefficient (Wildman–Crippen LogP) is 2.78. The molecule has 0 aliphatic rings. The van der Waals surface area contributed by atoms with Crippen molar-refractivity contribution in [3.8, 4) is 0 Å². The van der Waals surface area contributed by atoms with E-state index in [1.165, 1.54) is 0 Å². The van der Waals surface area contributed by atoms with E-state index in [1.807, 2.05) is 30.3 Å². The van der Waals surface area contributed by atoms with E-state index in [1.54, 1.807) is 12.1 Å². The summed E-state index contributed by atoms with van der Waals surface area (Å²) in [5, 5.41) is 10.7. The van der Waals surface area contributed by atoms with Crippen LogP contribution in [0, 0.1) is 0 Å². The largest absolute Gasteiger partial charge is 0.396 e. The molecule has 0 aromatic heterocycles. The summed E-state index contributed by atoms with van der Waals surface area (Å²) < 4.78 is 24.4. The van der Waals surface area contributed by atoms with E-state index in [4.69, 9.17) is 5.11 Å². The number of aliphatic hydroxyl groups is 1. The summed E-state index contributed by atoms with van der Waals surface area (Å²) >= 11 is 0. The molecular formula is C15H18O3S. The van der Waals surface area contributed by atoms with Gasteiger partial charge in [0.25, 0.3) is 0 Å². The third-order valence-electron chi connectivity index (χ3n) is 3.15. The molecule has 1 N–H and O–H groups in total. The Morgan fingerprint density at radius 2 is 1.63 bits per heavy atom. The molecule has 4 heteroatoms. The molecule has 0 radical (unpaired) electrons. The highest BCUT2D eigenvalue weighted by Crippen LogP contribution is 2.20. The maximum absolute atomic E-state index is 12.2. The SMILES string of the molecule is O=S(=O)(CCCCCO)c1ccc2ccccc2c1. The summed E-state index contributed by atoms with van der Waals surface area (Å²) in [7, 11) is -3.21. The van der Waals surface area contributed by atoms with Gasteiger partial charge in [0.05, 0.1) is 10.6 Å². The number of aliphatic hydroxyl groups excluding tert-OH is 1. The topological polar surface area (TPSA) is 54.4 Å². The van der Waals surface area contributed by atoms with Crippen LogP contribution in [0.4, 0.5) is 0 Å². The molecule has 3 nitrogen and oxygen atoms in total. The van der Waals surface area contributed by atoms with Crippen LogP contribution in [0.25, 0.3) is 10.8 Å². The fraction of sp³-hybridized carbons (Fsp3) is 0.333. The molecule has 2 rings (SSSR count).